The first-order chi connectivity index (χ1) is 15.1. The molecule has 1 aromatic heterocycles. The van der Waals surface area contributed by atoms with Crippen LogP contribution in [-0.2, 0) is 17.0 Å². The molecule has 10 nitrogen and oxygen atoms in total. The molecule has 1 heterocycles. The van der Waals surface area contributed by atoms with Crippen LogP contribution in [0.25, 0.3) is 0 Å². The molecule has 0 saturated carbocycles. The molecule has 0 aliphatic carbocycles. The second kappa shape index (κ2) is 9.71. The average molecular weight is 461 g/mol. The van der Waals surface area contributed by atoms with Gasteiger partial charge in [0, 0.05) is 17.6 Å². The normalized spacial score (nSPS) is 13.0. The van der Waals surface area contributed by atoms with Crippen molar-refractivity contribution in [3.05, 3.63) is 76.8 Å². The molecule has 32 heavy (non-hydrogen) atoms. The first kappa shape index (κ1) is 23.8. The van der Waals surface area contributed by atoms with E-state index < -0.39 is 23.7 Å². The highest BCUT2D eigenvalue weighted by Crippen LogP contribution is 2.24. The molecule has 3 aromatic rings. The van der Waals surface area contributed by atoms with Gasteiger partial charge in [-0.3, -0.25) is 10.1 Å². The number of carbonyl (C=O) groups is 1. The first-order valence-electron chi connectivity index (χ1n) is 9.59. The zero-order chi connectivity index (χ0) is 23.4. The minimum atomic E-state index is -2.83. The van der Waals surface area contributed by atoms with E-state index in [1.165, 1.54) is 5.38 Å². The number of aliphatic hydroxyl groups is 5. The Kier molecular flexibility index (Phi) is 7.21. The molecule has 11 heteroatoms. The van der Waals surface area contributed by atoms with Gasteiger partial charge in [0.05, 0.1) is 0 Å². The molecule has 0 aliphatic rings. The SMILES string of the molecule is Nc1nc(C(O)(O)C(=O)Nc2ccc(CCNC(O)(O)C(O)c3ccccc3)cc2)cs1. The highest BCUT2D eigenvalue weighted by molar-refractivity contribution is 7.13. The van der Waals surface area contributed by atoms with Gasteiger partial charge in [0.25, 0.3) is 17.6 Å². The van der Waals surface area contributed by atoms with Crippen LogP contribution in [0.1, 0.15) is 22.9 Å². The smallest absolute Gasteiger partial charge is 0.291 e. The molecule has 1 amide bonds. The van der Waals surface area contributed by atoms with Crippen molar-refractivity contribution in [3.8, 4) is 0 Å². The molecular formula is C21H24N4O6S. The average Bonchev–Trinajstić information content (AvgIpc) is 3.22. The van der Waals surface area contributed by atoms with Gasteiger partial charge >= 0.3 is 0 Å². The lowest BCUT2D eigenvalue weighted by Crippen LogP contribution is -2.50. The lowest BCUT2D eigenvalue weighted by atomic mass is 10.1. The lowest BCUT2D eigenvalue weighted by Gasteiger charge is -2.28. The Hall–Kier alpha value is -2.90. The Morgan fingerprint density at radius 1 is 1.06 bits per heavy atom. The summed E-state index contributed by atoms with van der Waals surface area (Å²) in [4.78, 5) is 15.9. The van der Waals surface area contributed by atoms with Gasteiger partial charge in [-0.15, -0.1) is 11.3 Å². The Labute approximate surface area is 187 Å². The minimum absolute atomic E-state index is 0.101. The van der Waals surface area contributed by atoms with Gasteiger partial charge in [-0.2, -0.15) is 0 Å². The van der Waals surface area contributed by atoms with Gasteiger partial charge in [-0.1, -0.05) is 42.5 Å². The van der Waals surface area contributed by atoms with Crippen molar-refractivity contribution in [2.24, 2.45) is 0 Å². The van der Waals surface area contributed by atoms with Crippen molar-refractivity contribution in [3.63, 3.8) is 0 Å². The Morgan fingerprint density at radius 2 is 1.72 bits per heavy atom. The second-order valence-corrected chi connectivity index (χ2v) is 8.00. The van der Waals surface area contributed by atoms with Crippen molar-refractivity contribution in [1.29, 1.82) is 0 Å². The van der Waals surface area contributed by atoms with E-state index in [-0.39, 0.29) is 17.4 Å². The number of hydrogen-bond donors (Lipinski definition) is 8. The largest absolute Gasteiger partial charge is 0.381 e. The molecule has 0 radical (unpaired) electrons. The van der Waals surface area contributed by atoms with E-state index in [0.717, 1.165) is 16.9 Å². The number of hydrogen-bond acceptors (Lipinski definition) is 10. The van der Waals surface area contributed by atoms with Crippen LogP contribution in [0.15, 0.2) is 60.0 Å². The molecule has 0 aliphatic heterocycles. The van der Waals surface area contributed by atoms with E-state index in [4.69, 9.17) is 5.73 Å². The third kappa shape index (κ3) is 5.66. The van der Waals surface area contributed by atoms with Crippen molar-refractivity contribution >= 4 is 28.1 Å². The van der Waals surface area contributed by atoms with Crippen LogP contribution in [0.4, 0.5) is 10.8 Å². The number of amides is 1. The highest BCUT2D eigenvalue weighted by Gasteiger charge is 2.38. The number of aliphatic hydroxyl groups excluding tert-OH is 1. The number of aromatic nitrogens is 1. The number of benzene rings is 2. The van der Waals surface area contributed by atoms with Crippen molar-refractivity contribution in [1.82, 2.24) is 10.3 Å². The molecule has 3 rings (SSSR count). The predicted molar refractivity (Wildman–Crippen MR) is 118 cm³/mol. The molecule has 0 spiro atoms. The van der Waals surface area contributed by atoms with Crippen LogP contribution >= 0.6 is 11.3 Å². The van der Waals surface area contributed by atoms with Crippen LogP contribution in [-0.4, -0.2) is 48.9 Å². The molecular weight excluding hydrogens is 436 g/mol. The zero-order valence-electron chi connectivity index (χ0n) is 16.8. The number of nitrogen functional groups attached to an aromatic ring is 1. The van der Waals surface area contributed by atoms with Crippen LogP contribution in [0.5, 0.6) is 0 Å². The minimum Gasteiger partial charge on any atom is -0.381 e. The lowest BCUT2D eigenvalue weighted by molar-refractivity contribution is -0.248. The van der Waals surface area contributed by atoms with Crippen molar-refractivity contribution in [2.75, 3.05) is 17.6 Å². The van der Waals surface area contributed by atoms with E-state index in [9.17, 15) is 30.3 Å². The molecule has 170 valence electrons. The standard InChI is InChI=1S/C21H24N4O6S/c22-19-25-16(12-32-19)20(28,29)18(27)24-15-8-6-13(7-9-15)10-11-23-21(30,31)17(26)14-4-2-1-3-5-14/h1-9,12,17,23,26,28-31H,10-11H2,(H2,22,25)(H,24,27). The number of anilines is 2. The van der Waals surface area contributed by atoms with Gasteiger partial charge in [0.2, 0.25) is 0 Å². The summed E-state index contributed by atoms with van der Waals surface area (Å²) in [5.41, 5.74) is 6.67. The molecule has 1 unspecified atom stereocenters. The van der Waals surface area contributed by atoms with E-state index in [1.54, 1.807) is 54.6 Å². The Balaban J connectivity index is 1.53. The topological polar surface area (TPSA) is 181 Å². The summed E-state index contributed by atoms with van der Waals surface area (Å²) >= 11 is 0.976. The predicted octanol–water partition coefficient (Wildman–Crippen LogP) is 0.00550. The highest BCUT2D eigenvalue weighted by atomic mass is 32.1. The number of thiazole rings is 1. The first-order valence-corrected chi connectivity index (χ1v) is 10.5. The number of nitrogens with one attached hydrogen (secondary N) is 2. The third-order valence-electron chi connectivity index (χ3n) is 4.70. The van der Waals surface area contributed by atoms with Crippen molar-refractivity contribution < 1.29 is 30.3 Å². The summed E-state index contributed by atoms with van der Waals surface area (Å²) in [6, 6.07) is 14.7. The summed E-state index contributed by atoms with van der Waals surface area (Å²) in [5, 5.41) is 56.8. The van der Waals surface area contributed by atoms with Gasteiger partial charge in [0.1, 0.15) is 11.8 Å². The zero-order valence-corrected chi connectivity index (χ0v) is 17.7. The van der Waals surface area contributed by atoms with Gasteiger partial charge in [-0.25, -0.2) is 4.98 Å². The second-order valence-electron chi connectivity index (χ2n) is 7.11. The number of carbonyl (C=O) groups excluding carboxylic acids is 1. The molecule has 0 saturated heterocycles. The Morgan fingerprint density at radius 3 is 2.31 bits per heavy atom. The maximum atomic E-state index is 12.2. The van der Waals surface area contributed by atoms with E-state index >= 15 is 0 Å². The maximum Gasteiger partial charge on any atom is 0.291 e. The summed E-state index contributed by atoms with van der Waals surface area (Å²) in [5.74, 6) is -6.43. The fourth-order valence-electron chi connectivity index (χ4n) is 2.89. The fourth-order valence-corrected chi connectivity index (χ4v) is 3.49. The van der Waals surface area contributed by atoms with Crippen molar-refractivity contribution in [2.45, 2.75) is 24.2 Å². The monoisotopic (exact) mass is 460 g/mol. The molecule has 2 aromatic carbocycles. The summed E-state index contributed by atoms with van der Waals surface area (Å²) in [7, 11) is 0. The summed E-state index contributed by atoms with van der Waals surface area (Å²) < 4.78 is 0. The van der Waals surface area contributed by atoms with E-state index in [0.29, 0.717) is 17.7 Å². The molecule has 0 fully saturated rings. The van der Waals surface area contributed by atoms with Crippen LogP contribution in [0.2, 0.25) is 0 Å². The van der Waals surface area contributed by atoms with Gasteiger partial charge in [0.15, 0.2) is 5.13 Å². The number of rotatable bonds is 9. The Bertz CT molecular complexity index is 1040. The van der Waals surface area contributed by atoms with Crippen LogP contribution in [0.3, 0.4) is 0 Å². The third-order valence-corrected chi connectivity index (χ3v) is 5.38. The number of nitrogens with two attached hydrogens (primary N) is 1. The van der Waals surface area contributed by atoms with Crippen LogP contribution < -0.4 is 16.4 Å². The van der Waals surface area contributed by atoms with Gasteiger partial charge < -0.3 is 36.6 Å². The maximum absolute atomic E-state index is 12.2. The van der Waals surface area contributed by atoms with E-state index in [1.807, 2.05) is 0 Å². The summed E-state index contributed by atoms with van der Waals surface area (Å²) in [6.07, 6.45) is -1.15. The molecule has 0 bridgehead atoms. The van der Waals surface area contributed by atoms with Gasteiger partial charge in [-0.05, 0) is 29.7 Å². The quantitative estimate of drug-likeness (QED) is 0.204. The van der Waals surface area contributed by atoms with Crippen LogP contribution in [0, 0.1) is 0 Å². The summed E-state index contributed by atoms with van der Waals surface area (Å²) in [6.45, 7) is 0.143. The molecule has 1 atom stereocenters. The molecule has 9 N–H and O–H groups in total. The fraction of sp³-hybridized carbons (Fsp3) is 0.238. The number of nitrogens with zero attached hydrogens (tertiary/aromatic N) is 1. The van der Waals surface area contributed by atoms with E-state index in [2.05, 4.69) is 15.6 Å².